The molecular weight excluding hydrogens is 455 g/mol. The van der Waals surface area contributed by atoms with Gasteiger partial charge in [-0.15, -0.1) is 24.0 Å². The summed E-state index contributed by atoms with van der Waals surface area (Å²) in [4.78, 5) is 22.5. The lowest BCUT2D eigenvalue weighted by molar-refractivity contribution is -0.130. The lowest BCUT2D eigenvalue weighted by Crippen LogP contribution is -2.50. The largest absolute Gasteiger partial charge is 0.356 e. The molecule has 1 heterocycles. The molecule has 1 saturated heterocycles. The van der Waals surface area contributed by atoms with E-state index in [4.69, 9.17) is 0 Å². The van der Waals surface area contributed by atoms with Gasteiger partial charge in [0.25, 0.3) is 0 Å². The molecular formula is C19H41IN6O. The van der Waals surface area contributed by atoms with Crippen LogP contribution in [0.4, 0.5) is 0 Å². The van der Waals surface area contributed by atoms with Crippen molar-refractivity contribution in [3.8, 4) is 0 Å². The monoisotopic (exact) mass is 496 g/mol. The van der Waals surface area contributed by atoms with Crippen LogP contribution in [-0.4, -0.2) is 98.1 Å². The Kier molecular flexibility index (Phi) is 14.1. The van der Waals surface area contributed by atoms with E-state index in [1.54, 1.807) is 6.92 Å². The third-order valence-corrected chi connectivity index (χ3v) is 4.97. The van der Waals surface area contributed by atoms with Gasteiger partial charge in [0.2, 0.25) is 5.91 Å². The number of carbonyl (C=O) groups excluding carboxylic acids is 1. The summed E-state index contributed by atoms with van der Waals surface area (Å²) in [5.41, 5.74) is 0. The fourth-order valence-electron chi connectivity index (χ4n) is 3.42. The Morgan fingerprint density at radius 2 is 1.59 bits per heavy atom. The zero-order valence-corrected chi connectivity index (χ0v) is 20.5. The van der Waals surface area contributed by atoms with E-state index in [1.165, 1.54) is 0 Å². The second-order valence-electron chi connectivity index (χ2n) is 7.55. The Balaban J connectivity index is 0.00000676. The number of hydrogen-bond acceptors (Lipinski definition) is 4. The maximum atomic E-state index is 11.4. The molecule has 1 rings (SSSR count). The van der Waals surface area contributed by atoms with Crippen LogP contribution in [0, 0.1) is 0 Å². The molecule has 1 fully saturated rings. The van der Waals surface area contributed by atoms with Crippen LogP contribution in [0.15, 0.2) is 4.99 Å². The smallest absolute Gasteiger partial charge is 0.219 e. The van der Waals surface area contributed by atoms with E-state index in [2.05, 4.69) is 53.1 Å². The average molecular weight is 496 g/mol. The Morgan fingerprint density at radius 3 is 2.07 bits per heavy atom. The normalized spacial score (nSPS) is 16.0. The minimum absolute atomic E-state index is 0. The molecule has 1 aliphatic heterocycles. The summed E-state index contributed by atoms with van der Waals surface area (Å²) in [7, 11) is 1.81. The Morgan fingerprint density at radius 1 is 1.04 bits per heavy atom. The zero-order valence-electron chi connectivity index (χ0n) is 18.1. The summed E-state index contributed by atoms with van der Waals surface area (Å²) < 4.78 is 0. The standard InChI is InChI=1S/C19H40N6O.HI/c1-16(2)25(17(3)4)10-7-8-21-19(20-6)22-9-11-23-12-14-24(15-13-23)18(5)26;/h16-17H,7-15H2,1-6H3,(H2,20,21,22);1H. The van der Waals surface area contributed by atoms with Crippen LogP contribution < -0.4 is 10.6 Å². The zero-order chi connectivity index (χ0) is 19.5. The number of guanidine groups is 1. The van der Waals surface area contributed by atoms with Gasteiger partial charge in [0.05, 0.1) is 0 Å². The molecule has 1 amide bonds. The third-order valence-electron chi connectivity index (χ3n) is 4.97. The molecule has 8 heteroatoms. The Bertz CT molecular complexity index is 428. The minimum Gasteiger partial charge on any atom is -0.356 e. The fraction of sp³-hybridized carbons (Fsp3) is 0.895. The molecule has 0 spiro atoms. The van der Waals surface area contributed by atoms with Gasteiger partial charge in [-0.1, -0.05) is 0 Å². The highest BCUT2D eigenvalue weighted by atomic mass is 127. The lowest BCUT2D eigenvalue weighted by Gasteiger charge is -2.34. The molecule has 0 atom stereocenters. The van der Waals surface area contributed by atoms with Crippen LogP contribution in [0.2, 0.25) is 0 Å². The number of halogens is 1. The van der Waals surface area contributed by atoms with Crippen molar-refractivity contribution in [3.63, 3.8) is 0 Å². The summed E-state index contributed by atoms with van der Waals surface area (Å²) >= 11 is 0. The van der Waals surface area contributed by atoms with Crippen LogP contribution in [0.5, 0.6) is 0 Å². The van der Waals surface area contributed by atoms with Gasteiger partial charge in [-0.2, -0.15) is 0 Å². The van der Waals surface area contributed by atoms with Crippen LogP contribution in [0.25, 0.3) is 0 Å². The third kappa shape index (κ3) is 10.5. The van der Waals surface area contributed by atoms with E-state index >= 15 is 0 Å². The van der Waals surface area contributed by atoms with E-state index in [0.29, 0.717) is 12.1 Å². The predicted octanol–water partition coefficient (Wildman–Crippen LogP) is 1.44. The van der Waals surface area contributed by atoms with E-state index in [1.807, 2.05) is 11.9 Å². The van der Waals surface area contributed by atoms with Crippen molar-refractivity contribution in [2.24, 2.45) is 4.99 Å². The number of carbonyl (C=O) groups is 1. The van der Waals surface area contributed by atoms with Gasteiger partial charge in [0.15, 0.2) is 5.96 Å². The van der Waals surface area contributed by atoms with Gasteiger partial charge >= 0.3 is 0 Å². The number of nitrogens with zero attached hydrogens (tertiary/aromatic N) is 4. The number of piperazine rings is 1. The molecule has 0 aliphatic carbocycles. The molecule has 0 radical (unpaired) electrons. The van der Waals surface area contributed by atoms with Gasteiger partial charge in [-0.3, -0.25) is 19.6 Å². The molecule has 0 aromatic rings. The van der Waals surface area contributed by atoms with E-state index in [-0.39, 0.29) is 29.9 Å². The first-order chi connectivity index (χ1) is 12.3. The van der Waals surface area contributed by atoms with E-state index in [9.17, 15) is 4.79 Å². The number of hydrogen-bond donors (Lipinski definition) is 2. The molecule has 27 heavy (non-hydrogen) atoms. The van der Waals surface area contributed by atoms with Crippen molar-refractivity contribution in [1.82, 2.24) is 25.3 Å². The summed E-state index contributed by atoms with van der Waals surface area (Å²) in [5, 5.41) is 6.79. The number of rotatable bonds is 9. The first-order valence-electron chi connectivity index (χ1n) is 10.0. The summed E-state index contributed by atoms with van der Waals surface area (Å²) in [5.74, 6) is 1.05. The maximum Gasteiger partial charge on any atom is 0.219 e. The predicted molar refractivity (Wildman–Crippen MR) is 125 cm³/mol. The van der Waals surface area contributed by atoms with Gasteiger partial charge in [-0.25, -0.2) is 0 Å². The molecule has 0 aromatic heterocycles. The second kappa shape index (κ2) is 14.4. The van der Waals surface area contributed by atoms with Gasteiger partial charge < -0.3 is 15.5 Å². The first kappa shape index (κ1) is 26.4. The number of aliphatic imine (C=N–C) groups is 1. The van der Waals surface area contributed by atoms with Gasteiger partial charge in [-0.05, 0) is 34.1 Å². The first-order valence-corrected chi connectivity index (χ1v) is 10.0. The Labute approximate surface area is 183 Å². The van der Waals surface area contributed by atoms with E-state index in [0.717, 1.165) is 64.7 Å². The molecule has 0 saturated carbocycles. The molecule has 0 bridgehead atoms. The molecule has 1 aliphatic rings. The van der Waals surface area contributed by atoms with Crippen molar-refractivity contribution in [2.45, 2.75) is 53.1 Å². The van der Waals surface area contributed by atoms with Crippen molar-refractivity contribution >= 4 is 35.8 Å². The van der Waals surface area contributed by atoms with Gasteiger partial charge in [0, 0.05) is 78.4 Å². The molecule has 0 aromatic carbocycles. The molecule has 160 valence electrons. The molecule has 7 nitrogen and oxygen atoms in total. The van der Waals surface area contributed by atoms with Crippen LogP contribution in [-0.2, 0) is 4.79 Å². The van der Waals surface area contributed by atoms with Crippen molar-refractivity contribution < 1.29 is 4.79 Å². The van der Waals surface area contributed by atoms with Crippen molar-refractivity contribution in [2.75, 3.05) is 59.4 Å². The lowest BCUT2D eigenvalue weighted by atomic mass is 10.2. The van der Waals surface area contributed by atoms with Crippen LogP contribution >= 0.6 is 24.0 Å². The summed E-state index contributed by atoms with van der Waals surface area (Å²) in [6, 6.07) is 1.16. The highest BCUT2D eigenvalue weighted by molar-refractivity contribution is 14.0. The Hall–Kier alpha value is -0.610. The molecule has 0 unspecified atom stereocenters. The highest BCUT2D eigenvalue weighted by Crippen LogP contribution is 2.05. The second-order valence-corrected chi connectivity index (χ2v) is 7.55. The van der Waals surface area contributed by atoms with E-state index < -0.39 is 0 Å². The quantitative estimate of drug-likeness (QED) is 0.219. The molecule has 2 N–H and O–H groups in total. The summed E-state index contributed by atoms with van der Waals surface area (Å²) in [6.07, 6.45) is 1.10. The average Bonchev–Trinajstić information content (AvgIpc) is 2.59. The number of nitrogens with one attached hydrogen (secondary N) is 2. The minimum atomic E-state index is 0. The topological polar surface area (TPSA) is 63.2 Å². The maximum absolute atomic E-state index is 11.4. The number of amides is 1. The van der Waals surface area contributed by atoms with Crippen molar-refractivity contribution in [3.05, 3.63) is 0 Å². The fourth-order valence-corrected chi connectivity index (χ4v) is 3.42. The van der Waals surface area contributed by atoms with Gasteiger partial charge in [0.1, 0.15) is 0 Å². The van der Waals surface area contributed by atoms with Crippen LogP contribution in [0.1, 0.15) is 41.0 Å². The highest BCUT2D eigenvalue weighted by Gasteiger charge is 2.18. The SMILES string of the molecule is CN=C(NCCCN(C(C)C)C(C)C)NCCN1CCN(C(C)=O)CC1.I. The summed E-state index contributed by atoms with van der Waals surface area (Å²) in [6.45, 7) is 18.1. The van der Waals surface area contributed by atoms with Crippen molar-refractivity contribution in [1.29, 1.82) is 0 Å². The van der Waals surface area contributed by atoms with Crippen LogP contribution in [0.3, 0.4) is 0 Å².